The Bertz CT molecular complexity index is 720. The van der Waals surface area contributed by atoms with Crippen LogP contribution >= 0.6 is 0 Å². The second-order valence-electron chi connectivity index (χ2n) is 5.85. The molecule has 0 aliphatic rings. The van der Waals surface area contributed by atoms with E-state index in [0.717, 1.165) is 6.92 Å². The average molecular weight is 440 g/mol. The first-order valence-corrected chi connectivity index (χ1v) is 8.98. The van der Waals surface area contributed by atoms with Crippen LogP contribution in [0.4, 0.5) is 22.0 Å². The van der Waals surface area contributed by atoms with Crippen LogP contribution in [-0.2, 0) is 29.2 Å². The molecule has 0 aliphatic heterocycles. The van der Waals surface area contributed by atoms with Gasteiger partial charge in [0.25, 0.3) is 0 Å². The lowest BCUT2D eigenvalue weighted by Crippen LogP contribution is -2.64. The molecule has 0 spiro atoms. The van der Waals surface area contributed by atoms with Crippen LogP contribution in [0.3, 0.4) is 0 Å². The highest BCUT2D eigenvalue weighted by atomic mass is 32.2. The minimum Gasteiger partial charge on any atom is -0.743 e. The summed E-state index contributed by atoms with van der Waals surface area (Å²) in [6, 6.07) is -0.921. The standard InChI is InChI=1S/C14H20F5NO7S/c1-6-20(9(4)5)11(22)13(14(17,18)19,27-10(21)8(2)3)26-7-12(15,16)28(23,24)25/h9H,2,6-7H2,1,3-5H3,(H,23,24,25)/p-1. The van der Waals surface area contributed by atoms with Gasteiger partial charge < -0.3 is 18.9 Å². The summed E-state index contributed by atoms with van der Waals surface area (Å²) in [7, 11) is -6.44. The fourth-order valence-electron chi connectivity index (χ4n) is 1.80. The maximum Gasteiger partial charge on any atom is 0.466 e. The zero-order valence-electron chi connectivity index (χ0n) is 15.3. The first-order valence-electron chi connectivity index (χ1n) is 7.58. The predicted molar refractivity (Wildman–Crippen MR) is 82.8 cm³/mol. The van der Waals surface area contributed by atoms with Gasteiger partial charge in [0, 0.05) is 18.2 Å². The number of hydrogen-bond acceptors (Lipinski definition) is 7. The molecule has 1 amide bonds. The van der Waals surface area contributed by atoms with Crippen LogP contribution in [0.25, 0.3) is 0 Å². The minimum absolute atomic E-state index is 0.376. The maximum atomic E-state index is 13.7. The highest BCUT2D eigenvalue weighted by molar-refractivity contribution is 7.86. The van der Waals surface area contributed by atoms with Crippen LogP contribution in [0.5, 0.6) is 0 Å². The molecular formula is C14H19F5NO7S-. The van der Waals surface area contributed by atoms with Crippen molar-refractivity contribution in [1.29, 1.82) is 0 Å². The Kier molecular flexibility index (Phi) is 8.14. The normalized spacial score (nSPS) is 15.1. The molecule has 0 saturated heterocycles. The third-order valence-corrected chi connectivity index (χ3v) is 4.12. The van der Waals surface area contributed by atoms with E-state index in [1.54, 1.807) is 0 Å². The molecule has 164 valence electrons. The summed E-state index contributed by atoms with van der Waals surface area (Å²) in [5.41, 5.74) is -0.638. The molecule has 1 atom stereocenters. The van der Waals surface area contributed by atoms with Crippen molar-refractivity contribution >= 4 is 22.0 Å². The second-order valence-corrected chi connectivity index (χ2v) is 7.35. The molecule has 0 saturated carbocycles. The SMILES string of the molecule is C=C(C)C(=O)OC(OCC(F)(F)S(=O)(=O)[O-])(C(=O)N(CC)C(C)C)C(F)(F)F. The summed E-state index contributed by atoms with van der Waals surface area (Å²) in [5, 5.41) is -5.34. The summed E-state index contributed by atoms with van der Waals surface area (Å²) in [4.78, 5) is 24.7. The first-order chi connectivity index (χ1) is 12.3. The second kappa shape index (κ2) is 8.69. The fourth-order valence-corrected chi connectivity index (χ4v) is 2.01. The monoisotopic (exact) mass is 440 g/mol. The number of carbonyl (C=O) groups is 2. The van der Waals surface area contributed by atoms with E-state index in [4.69, 9.17) is 0 Å². The highest BCUT2D eigenvalue weighted by Gasteiger charge is 2.68. The predicted octanol–water partition coefficient (Wildman–Crippen LogP) is 1.78. The Morgan fingerprint density at radius 2 is 1.64 bits per heavy atom. The number of rotatable bonds is 9. The quantitative estimate of drug-likeness (QED) is 0.177. The minimum atomic E-state index is -6.44. The van der Waals surface area contributed by atoms with Gasteiger partial charge in [-0.2, -0.15) is 22.0 Å². The number of halogens is 5. The molecular weight excluding hydrogens is 421 g/mol. The third-order valence-electron chi connectivity index (χ3n) is 3.27. The summed E-state index contributed by atoms with van der Waals surface area (Å²) in [6.07, 6.45) is -5.92. The van der Waals surface area contributed by atoms with Crippen molar-refractivity contribution in [3.8, 4) is 0 Å². The Morgan fingerprint density at radius 1 is 1.18 bits per heavy atom. The molecule has 0 aliphatic carbocycles. The summed E-state index contributed by atoms with van der Waals surface area (Å²) in [5.74, 6) is -8.54. The van der Waals surface area contributed by atoms with Gasteiger partial charge in [0.15, 0.2) is 10.1 Å². The van der Waals surface area contributed by atoms with Gasteiger partial charge in [0.05, 0.1) is 0 Å². The average Bonchev–Trinajstić information content (AvgIpc) is 2.48. The van der Waals surface area contributed by atoms with Gasteiger partial charge in [-0.25, -0.2) is 13.2 Å². The molecule has 0 rings (SSSR count). The molecule has 8 nitrogen and oxygen atoms in total. The lowest BCUT2D eigenvalue weighted by Gasteiger charge is -2.38. The van der Waals surface area contributed by atoms with Crippen LogP contribution in [0.2, 0.25) is 0 Å². The molecule has 0 heterocycles. The molecule has 0 radical (unpaired) electrons. The lowest BCUT2D eigenvalue weighted by molar-refractivity contribution is -0.356. The van der Waals surface area contributed by atoms with E-state index in [2.05, 4.69) is 16.1 Å². The highest BCUT2D eigenvalue weighted by Crippen LogP contribution is 2.39. The Morgan fingerprint density at radius 3 is 1.93 bits per heavy atom. The Hall–Kier alpha value is -1.80. The zero-order valence-corrected chi connectivity index (χ0v) is 16.1. The number of hydrogen-bond donors (Lipinski definition) is 0. The van der Waals surface area contributed by atoms with Crippen LogP contribution < -0.4 is 0 Å². The Balaban J connectivity index is 6.47. The summed E-state index contributed by atoms with van der Waals surface area (Å²) >= 11 is 0. The van der Waals surface area contributed by atoms with Gasteiger partial charge >= 0.3 is 29.1 Å². The third kappa shape index (κ3) is 5.61. The number of carbonyl (C=O) groups excluding carboxylic acids is 2. The van der Waals surface area contributed by atoms with E-state index in [1.165, 1.54) is 20.8 Å². The van der Waals surface area contributed by atoms with E-state index >= 15 is 0 Å². The van der Waals surface area contributed by atoms with Crippen molar-refractivity contribution in [2.24, 2.45) is 0 Å². The summed E-state index contributed by atoms with van der Waals surface area (Å²) in [6.45, 7) is 4.65. The largest absolute Gasteiger partial charge is 0.743 e. The zero-order chi connectivity index (χ0) is 22.7. The van der Waals surface area contributed by atoms with E-state index in [9.17, 15) is 44.5 Å². The number of amides is 1. The fraction of sp³-hybridized carbons (Fsp3) is 0.714. The van der Waals surface area contributed by atoms with Crippen LogP contribution in [0.15, 0.2) is 12.2 Å². The molecule has 0 bridgehead atoms. The maximum absolute atomic E-state index is 13.7. The van der Waals surface area contributed by atoms with Crippen molar-refractivity contribution in [3.63, 3.8) is 0 Å². The first kappa shape index (κ1) is 26.2. The molecule has 28 heavy (non-hydrogen) atoms. The number of alkyl halides is 5. The van der Waals surface area contributed by atoms with Gasteiger partial charge in [0.1, 0.15) is 6.61 Å². The Labute approximate surface area is 158 Å². The number of nitrogens with zero attached hydrogens (tertiary/aromatic N) is 1. The van der Waals surface area contributed by atoms with Gasteiger partial charge in [-0.05, 0) is 27.7 Å². The molecule has 0 aromatic rings. The molecule has 0 N–H and O–H groups in total. The van der Waals surface area contributed by atoms with Gasteiger partial charge in [-0.15, -0.1) is 0 Å². The number of esters is 1. The molecule has 0 aromatic carbocycles. The number of likely N-dealkylation sites (N-methyl/N-ethyl adjacent to an activating group) is 1. The van der Waals surface area contributed by atoms with Gasteiger partial charge in [-0.1, -0.05) is 6.58 Å². The molecule has 14 heteroatoms. The van der Waals surface area contributed by atoms with E-state index in [-0.39, 0.29) is 6.54 Å². The van der Waals surface area contributed by atoms with E-state index in [0.29, 0.717) is 4.90 Å². The number of ether oxygens (including phenoxy) is 2. The van der Waals surface area contributed by atoms with Gasteiger partial charge in [-0.3, -0.25) is 4.79 Å². The van der Waals surface area contributed by atoms with Crippen molar-refractivity contribution in [2.45, 2.75) is 51.0 Å². The van der Waals surface area contributed by atoms with Crippen LogP contribution in [-0.4, -0.2) is 66.2 Å². The van der Waals surface area contributed by atoms with Crippen molar-refractivity contribution in [2.75, 3.05) is 13.2 Å². The lowest BCUT2D eigenvalue weighted by atomic mass is 10.1. The molecule has 0 aromatic heterocycles. The van der Waals surface area contributed by atoms with Crippen molar-refractivity contribution in [3.05, 3.63) is 12.2 Å². The van der Waals surface area contributed by atoms with E-state index in [1.807, 2.05) is 0 Å². The van der Waals surface area contributed by atoms with Crippen molar-refractivity contribution < 1.29 is 54.0 Å². The van der Waals surface area contributed by atoms with Crippen LogP contribution in [0, 0.1) is 0 Å². The van der Waals surface area contributed by atoms with E-state index < -0.39 is 57.4 Å². The van der Waals surface area contributed by atoms with Crippen LogP contribution in [0.1, 0.15) is 27.7 Å². The molecule has 1 unspecified atom stereocenters. The molecule has 0 fully saturated rings. The van der Waals surface area contributed by atoms with Crippen molar-refractivity contribution in [1.82, 2.24) is 4.90 Å². The topological polar surface area (TPSA) is 113 Å². The summed E-state index contributed by atoms with van der Waals surface area (Å²) < 4.78 is 107. The van der Waals surface area contributed by atoms with Gasteiger partial charge in [0.2, 0.25) is 0 Å². The smallest absolute Gasteiger partial charge is 0.466 e.